The standard InChI is InChI=1S/C16H28N2O2/c1-16(17)9-3-2-5-12(16)15(19)18-13-6-4-7-14-11(13)8-10-20-14/h11-14H,2-10,17H2,1H3,(H,18,19). The van der Waals surface area contributed by atoms with Crippen LogP contribution in [-0.2, 0) is 9.53 Å². The fraction of sp³-hybridized carbons (Fsp3) is 0.938. The first-order chi connectivity index (χ1) is 9.58. The minimum atomic E-state index is -0.331. The molecule has 1 aliphatic heterocycles. The molecule has 0 aromatic carbocycles. The maximum Gasteiger partial charge on any atom is 0.225 e. The summed E-state index contributed by atoms with van der Waals surface area (Å²) in [6, 6.07) is 0.307. The van der Waals surface area contributed by atoms with Crippen LogP contribution in [0.2, 0.25) is 0 Å². The fourth-order valence-electron chi connectivity index (χ4n) is 4.43. The molecule has 0 aromatic rings. The molecule has 3 aliphatic rings. The van der Waals surface area contributed by atoms with Crippen molar-refractivity contribution < 1.29 is 9.53 Å². The normalized spacial score (nSPS) is 44.9. The summed E-state index contributed by atoms with van der Waals surface area (Å²) in [6.45, 7) is 2.90. The highest BCUT2D eigenvalue weighted by Gasteiger charge is 2.42. The lowest BCUT2D eigenvalue weighted by atomic mass is 9.73. The summed E-state index contributed by atoms with van der Waals surface area (Å²) >= 11 is 0. The van der Waals surface area contributed by atoms with E-state index in [1.54, 1.807) is 0 Å². The number of fused-ring (bicyclic) bond motifs is 1. The summed E-state index contributed by atoms with van der Waals surface area (Å²) in [5.74, 6) is 0.700. The molecule has 0 spiro atoms. The van der Waals surface area contributed by atoms with Crippen LogP contribution in [0.1, 0.15) is 58.3 Å². The molecule has 0 aromatic heterocycles. The van der Waals surface area contributed by atoms with Crippen molar-refractivity contribution in [3.05, 3.63) is 0 Å². The zero-order chi connectivity index (χ0) is 14.2. The Balaban J connectivity index is 1.63. The van der Waals surface area contributed by atoms with Gasteiger partial charge in [0, 0.05) is 24.1 Å². The zero-order valence-corrected chi connectivity index (χ0v) is 12.6. The highest BCUT2D eigenvalue weighted by Crippen LogP contribution is 2.36. The summed E-state index contributed by atoms with van der Waals surface area (Å²) in [4.78, 5) is 12.6. The highest BCUT2D eigenvalue weighted by atomic mass is 16.5. The van der Waals surface area contributed by atoms with Gasteiger partial charge in [-0.2, -0.15) is 0 Å². The van der Waals surface area contributed by atoms with Gasteiger partial charge in [-0.1, -0.05) is 12.8 Å². The predicted molar refractivity (Wildman–Crippen MR) is 78.2 cm³/mol. The van der Waals surface area contributed by atoms with Crippen LogP contribution in [0.15, 0.2) is 0 Å². The van der Waals surface area contributed by atoms with Gasteiger partial charge in [-0.3, -0.25) is 4.79 Å². The van der Waals surface area contributed by atoms with Crippen molar-refractivity contribution in [2.75, 3.05) is 6.61 Å². The molecule has 4 nitrogen and oxygen atoms in total. The van der Waals surface area contributed by atoms with Gasteiger partial charge in [0.1, 0.15) is 0 Å². The minimum absolute atomic E-state index is 0.0149. The first-order valence-electron chi connectivity index (χ1n) is 8.29. The number of amides is 1. The maximum atomic E-state index is 12.6. The molecule has 1 amide bonds. The van der Waals surface area contributed by atoms with Crippen LogP contribution in [0, 0.1) is 11.8 Å². The third kappa shape index (κ3) is 2.73. The van der Waals surface area contributed by atoms with E-state index in [9.17, 15) is 4.79 Å². The number of nitrogens with two attached hydrogens (primary N) is 1. The molecule has 1 saturated heterocycles. The van der Waals surface area contributed by atoms with E-state index in [-0.39, 0.29) is 17.4 Å². The molecule has 3 rings (SSSR count). The fourth-order valence-corrected chi connectivity index (χ4v) is 4.43. The van der Waals surface area contributed by atoms with Gasteiger partial charge in [-0.05, 0) is 45.4 Å². The maximum absolute atomic E-state index is 12.6. The topological polar surface area (TPSA) is 64.4 Å². The van der Waals surface area contributed by atoms with E-state index in [1.807, 2.05) is 6.92 Å². The third-order valence-electron chi connectivity index (χ3n) is 5.68. The van der Waals surface area contributed by atoms with Crippen LogP contribution in [0.4, 0.5) is 0 Å². The first kappa shape index (κ1) is 14.3. The molecule has 2 aliphatic carbocycles. The Kier molecular flexibility index (Phi) is 4.04. The van der Waals surface area contributed by atoms with Crippen LogP contribution in [0.5, 0.6) is 0 Å². The molecule has 0 radical (unpaired) electrons. The Bertz CT molecular complexity index is 369. The largest absolute Gasteiger partial charge is 0.378 e. The van der Waals surface area contributed by atoms with E-state index in [4.69, 9.17) is 10.5 Å². The molecule has 5 unspecified atom stereocenters. The van der Waals surface area contributed by atoms with Crippen molar-refractivity contribution in [2.24, 2.45) is 17.6 Å². The summed E-state index contributed by atoms with van der Waals surface area (Å²) < 4.78 is 5.78. The monoisotopic (exact) mass is 280 g/mol. The van der Waals surface area contributed by atoms with Crippen LogP contribution in [0.3, 0.4) is 0 Å². The lowest BCUT2D eigenvalue weighted by Gasteiger charge is -2.40. The van der Waals surface area contributed by atoms with E-state index in [0.29, 0.717) is 18.1 Å². The van der Waals surface area contributed by atoms with Crippen molar-refractivity contribution in [3.63, 3.8) is 0 Å². The Hall–Kier alpha value is -0.610. The predicted octanol–water partition coefficient (Wildman–Crippen LogP) is 1.97. The van der Waals surface area contributed by atoms with Gasteiger partial charge in [0.15, 0.2) is 0 Å². The van der Waals surface area contributed by atoms with E-state index in [2.05, 4.69) is 5.32 Å². The zero-order valence-electron chi connectivity index (χ0n) is 12.6. The van der Waals surface area contributed by atoms with Gasteiger partial charge in [-0.25, -0.2) is 0 Å². The molecule has 2 saturated carbocycles. The number of carbonyl (C=O) groups excluding carboxylic acids is 1. The summed E-state index contributed by atoms with van der Waals surface area (Å²) in [6.07, 6.45) is 9.09. The van der Waals surface area contributed by atoms with Gasteiger partial charge < -0.3 is 15.8 Å². The van der Waals surface area contributed by atoms with E-state index in [1.165, 1.54) is 0 Å². The van der Waals surface area contributed by atoms with Gasteiger partial charge in [0.2, 0.25) is 5.91 Å². The minimum Gasteiger partial charge on any atom is -0.378 e. The number of ether oxygens (including phenoxy) is 1. The molecule has 4 heteroatoms. The molecular formula is C16H28N2O2. The quantitative estimate of drug-likeness (QED) is 0.813. The van der Waals surface area contributed by atoms with Gasteiger partial charge in [-0.15, -0.1) is 0 Å². The Morgan fingerprint density at radius 3 is 2.85 bits per heavy atom. The Morgan fingerprint density at radius 1 is 1.20 bits per heavy atom. The van der Waals surface area contributed by atoms with Crippen molar-refractivity contribution in [1.82, 2.24) is 5.32 Å². The molecule has 5 atom stereocenters. The second kappa shape index (κ2) is 5.64. The van der Waals surface area contributed by atoms with E-state index < -0.39 is 0 Å². The number of hydrogen-bond donors (Lipinski definition) is 2. The Morgan fingerprint density at radius 2 is 2.05 bits per heavy atom. The summed E-state index contributed by atoms with van der Waals surface area (Å²) in [5.41, 5.74) is 6.02. The van der Waals surface area contributed by atoms with Crippen molar-refractivity contribution >= 4 is 5.91 Å². The number of carbonyl (C=O) groups is 1. The second-order valence-electron chi connectivity index (χ2n) is 7.21. The number of nitrogens with one attached hydrogen (secondary N) is 1. The van der Waals surface area contributed by atoms with E-state index in [0.717, 1.165) is 58.0 Å². The summed E-state index contributed by atoms with van der Waals surface area (Å²) in [7, 11) is 0. The molecule has 3 N–H and O–H groups in total. The first-order valence-corrected chi connectivity index (χ1v) is 8.29. The van der Waals surface area contributed by atoms with Crippen LogP contribution in [-0.4, -0.2) is 30.2 Å². The van der Waals surface area contributed by atoms with Crippen molar-refractivity contribution in [1.29, 1.82) is 0 Å². The van der Waals surface area contributed by atoms with Crippen LogP contribution < -0.4 is 11.1 Å². The lowest BCUT2D eigenvalue weighted by molar-refractivity contribution is -0.129. The van der Waals surface area contributed by atoms with Crippen LogP contribution >= 0.6 is 0 Å². The molecule has 0 bridgehead atoms. The third-order valence-corrected chi connectivity index (χ3v) is 5.68. The van der Waals surface area contributed by atoms with Gasteiger partial charge >= 0.3 is 0 Å². The van der Waals surface area contributed by atoms with Gasteiger partial charge in [0.25, 0.3) is 0 Å². The molecular weight excluding hydrogens is 252 g/mol. The smallest absolute Gasteiger partial charge is 0.225 e. The average Bonchev–Trinajstić information content (AvgIpc) is 2.87. The molecule has 114 valence electrons. The van der Waals surface area contributed by atoms with Crippen molar-refractivity contribution in [2.45, 2.75) is 76.0 Å². The van der Waals surface area contributed by atoms with E-state index >= 15 is 0 Å². The van der Waals surface area contributed by atoms with Crippen molar-refractivity contribution in [3.8, 4) is 0 Å². The molecule has 1 heterocycles. The number of rotatable bonds is 2. The Labute approximate surface area is 121 Å². The second-order valence-corrected chi connectivity index (χ2v) is 7.21. The van der Waals surface area contributed by atoms with Gasteiger partial charge in [0.05, 0.1) is 12.0 Å². The summed E-state index contributed by atoms with van der Waals surface area (Å²) in [5, 5.41) is 3.32. The molecule has 3 fully saturated rings. The highest BCUT2D eigenvalue weighted by molar-refractivity contribution is 5.80. The van der Waals surface area contributed by atoms with Crippen LogP contribution in [0.25, 0.3) is 0 Å². The average molecular weight is 280 g/mol. The number of hydrogen-bond acceptors (Lipinski definition) is 3. The molecule has 20 heavy (non-hydrogen) atoms. The SMILES string of the molecule is CC1(N)CCCCC1C(=O)NC1CCCC2OCCC12. The lowest BCUT2D eigenvalue weighted by Crippen LogP contribution is -2.56.